The van der Waals surface area contributed by atoms with Gasteiger partial charge in [0.15, 0.2) is 9.84 Å². The van der Waals surface area contributed by atoms with Crippen molar-refractivity contribution in [1.29, 1.82) is 0 Å². The van der Waals surface area contributed by atoms with Gasteiger partial charge in [0, 0.05) is 24.6 Å². The number of nitro benzene ring substituents is 1. The number of carbonyl (C=O) groups is 1. The highest BCUT2D eigenvalue weighted by Gasteiger charge is 2.34. The summed E-state index contributed by atoms with van der Waals surface area (Å²) in [6, 6.07) is 10.6. The monoisotopic (exact) mass is 389 g/mol. The second kappa shape index (κ2) is 6.99. The van der Waals surface area contributed by atoms with Crippen LogP contribution in [0.2, 0.25) is 0 Å². The van der Waals surface area contributed by atoms with Crippen molar-refractivity contribution < 1.29 is 18.1 Å². The first kappa shape index (κ1) is 18.8. The van der Waals surface area contributed by atoms with Gasteiger partial charge >= 0.3 is 0 Å². The Balaban J connectivity index is 1.84. The molecule has 1 atom stereocenters. The van der Waals surface area contributed by atoms with Crippen molar-refractivity contribution in [2.24, 2.45) is 0 Å². The van der Waals surface area contributed by atoms with E-state index in [-0.39, 0.29) is 22.2 Å². The van der Waals surface area contributed by atoms with Crippen LogP contribution in [0, 0.1) is 17.0 Å². The number of hydrogen-bond donors (Lipinski definition) is 1. The summed E-state index contributed by atoms with van der Waals surface area (Å²) < 4.78 is 23.3. The van der Waals surface area contributed by atoms with Gasteiger partial charge in [-0.3, -0.25) is 14.9 Å². The Labute approximate surface area is 156 Å². The number of anilines is 2. The van der Waals surface area contributed by atoms with E-state index in [4.69, 9.17) is 0 Å². The quantitative estimate of drug-likeness (QED) is 0.622. The van der Waals surface area contributed by atoms with E-state index in [9.17, 15) is 23.3 Å². The van der Waals surface area contributed by atoms with Gasteiger partial charge in [-0.15, -0.1) is 0 Å². The molecular formula is C18H19N3O5S. The lowest BCUT2D eigenvalue weighted by molar-refractivity contribution is -0.384. The molecule has 2 aromatic carbocycles. The number of sulfone groups is 1. The largest absolute Gasteiger partial charge is 0.368 e. The number of benzene rings is 2. The maximum absolute atomic E-state index is 12.7. The van der Waals surface area contributed by atoms with E-state index in [0.29, 0.717) is 13.0 Å². The predicted molar refractivity (Wildman–Crippen MR) is 102 cm³/mol. The number of amides is 1. The zero-order valence-corrected chi connectivity index (χ0v) is 15.7. The second-order valence-electron chi connectivity index (χ2n) is 6.52. The number of nitro groups is 1. The molecule has 1 heterocycles. The molecule has 0 bridgehead atoms. The maximum atomic E-state index is 12.7. The van der Waals surface area contributed by atoms with Crippen molar-refractivity contribution >= 4 is 32.8 Å². The highest BCUT2D eigenvalue weighted by atomic mass is 32.2. The third-order valence-electron chi connectivity index (χ3n) is 4.47. The van der Waals surface area contributed by atoms with Crippen LogP contribution < -0.4 is 10.2 Å². The minimum Gasteiger partial charge on any atom is -0.368 e. The topological polar surface area (TPSA) is 110 Å². The Morgan fingerprint density at radius 1 is 1.19 bits per heavy atom. The smallest absolute Gasteiger partial charge is 0.293 e. The summed E-state index contributed by atoms with van der Waals surface area (Å²) in [5, 5.41) is 14.3. The molecule has 8 nitrogen and oxygen atoms in total. The minimum atomic E-state index is -3.57. The van der Waals surface area contributed by atoms with Gasteiger partial charge in [0.25, 0.3) is 5.69 Å². The molecule has 0 aromatic heterocycles. The van der Waals surface area contributed by atoms with Crippen LogP contribution in [0.5, 0.6) is 0 Å². The zero-order chi connectivity index (χ0) is 19.8. The summed E-state index contributed by atoms with van der Waals surface area (Å²) in [7, 11) is -3.57. The molecule has 27 heavy (non-hydrogen) atoms. The maximum Gasteiger partial charge on any atom is 0.293 e. The van der Waals surface area contributed by atoms with Crippen LogP contribution in [-0.4, -0.2) is 38.1 Å². The highest BCUT2D eigenvalue weighted by Crippen LogP contribution is 2.30. The highest BCUT2D eigenvalue weighted by molar-refractivity contribution is 7.90. The molecule has 1 aliphatic rings. The van der Waals surface area contributed by atoms with Crippen molar-refractivity contribution in [3.05, 3.63) is 58.1 Å². The number of nitrogens with zero attached hydrogens (tertiary/aromatic N) is 2. The normalized spacial score (nSPS) is 17.2. The number of aryl methyl sites for hydroxylation is 1. The first-order chi connectivity index (χ1) is 12.7. The van der Waals surface area contributed by atoms with Crippen molar-refractivity contribution in [3.63, 3.8) is 0 Å². The van der Waals surface area contributed by atoms with Gasteiger partial charge in [0.2, 0.25) is 5.91 Å². The van der Waals surface area contributed by atoms with Crippen LogP contribution in [0.4, 0.5) is 17.1 Å². The minimum absolute atomic E-state index is 0.122. The average molecular weight is 389 g/mol. The van der Waals surface area contributed by atoms with Crippen LogP contribution >= 0.6 is 0 Å². The molecule has 1 N–H and O–H groups in total. The van der Waals surface area contributed by atoms with E-state index in [1.54, 1.807) is 4.90 Å². The van der Waals surface area contributed by atoms with Crippen LogP contribution in [0.15, 0.2) is 47.4 Å². The summed E-state index contributed by atoms with van der Waals surface area (Å²) in [6.07, 6.45) is 1.47. The average Bonchev–Trinajstić information content (AvgIpc) is 2.95. The standard InChI is InChI=1S/C18H19N3O5S/c1-12-3-5-13(6-4-12)20-10-9-16(18(20)22)19-15-8-7-14(27(2,25)26)11-17(15)21(23)24/h3-8,11,16,19H,9-10H2,1-2H3. The summed E-state index contributed by atoms with van der Waals surface area (Å²) >= 11 is 0. The molecule has 0 radical (unpaired) electrons. The number of nitrogens with one attached hydrogen (secondary N) is 1. The Morgan fingerprint density at radius 3 is 2.44 bits per heavy atom. The number of hydrogen-bond acceptors (Lipinski definition) is 6. The van der Waals surface area contributed by atoms with Crippen LogP contribution in [0.3, 0.4) is 0 Å². The molecule has 142 valence electrons. The Hall–Kier alpha value is -2.94. The van der Waals surface area contributed by atoms with E-state index >= 15 is 0 Å². The molecule has 0 saturated carbocycles. The summed E-state index contributed by atoms with van der Waals surface area (Å²) in [5.41, 5.74) is 1.61. The Bertz CT molecular complexity index is 1000. The first-order valence-corrected chi connectivity index (χ1v) is 10.2. The van der Waals surface area contributed by atoms with Crippen LogP contribution in [-0.2, 0) is 14.6 Å². The molecule has 1 saturated heterocycles. The molecule has 2 aromatic rings. The summed E-state index contributed by atoms with van der Waals surface area (Å²) in [6.45, 7) is 2.45. The van der Waals surface area contributed by atoms with Crippen LogP contribution in [0.25, 0.3) is 0 Å². The fourth-order valence-electron chi connectivity index (χ4n) is 3.00. The molecule has 1 unspecified atom stereocenters. The van der Waals surface area contributed by atoms with Gasteiger partial charge in [-0.05, 0) is 37.6 Å². The summed E-state index contributed by atoms with van der Waals surface area (Å²) in [5.74, 6) is -0.180. The lowest BCUT2D eigenvalue weighted by Crippen LogP contribution is -2.33. The molecule has 9 heteroatoms. The number of carbonyl (C=O) groups excluding carboxylic acids is 1. The lowest BCUT2D eigenvalue weighted by Gasteiger charge is -2.18. The molecule has 0 aliphatic carbocycles. The van der Waals surface area contributed by atoms with Crippen molar-refractivity contribution in [1.82, 2.24) is 0 Å². The van der Waals surface area contributed by atoms with Gasteiger partial charge < -0.3 is 10.2 Å². The Kier molecular flexibility index (Phi) is 4.88. The number of rotatable bonds is 5. The third-order valence-corrected chi connectivity index (χ3v) is 5.59. The van der Waals surface area contributed by atoms with E-state index in [1.165, 1.54) is 12.1 Å². The predicted octanol–water partition coefficient (Wildman–Crippen LogP) is 2.52. The van der Waals surface area contributed by atoms with Gasteiger partial charge in [0.05, 0.1) is 9.82 Å². The van der Waals surface area contributed by atoms with Crippen molar-refractivity contribution in [3.8, 4) is 0 Å². The second-order valence-corrected chi connectivity index (χ2v) is 8.53. The molecule has 1 amide bonds. The molecule has 3 rings (SSSR count). The SMILES string of the molecule is Cc1ccc(N2CCC(Nc3ccc(S(C)(=O)=O)cc3[N+](=O)[O-])C2=O)cc1. The van der Waals surface area contributed by atoms with Crippen molar-refractivity contribution in [2.75, 3.05) is 23.0 Å². The van der Waals surface area contributed by atoms with Gasteiger partial charge in [0.1, 0.15) is 11.7 Å². The van der Waals surface area contributed by atoms with Gasteiger partial charge in [-0.2, -0.15) is 0 Å². The van der Waals surface area contributed by atoms with Gasteiger partial charge in [-0.1, -0.05) is 17.7 Å². The first-order valence-electron chi connectivity index (χ1n) is 8.30. The van der Waals surface area contributed by atoms with E-state index in [0.717, 1.165) is 23.6 Å². The summed E-state index contributed by atoms with van der Waals surface area (Å²) in [4.78, 5) is 24.9. The molecule has 1 aliphatic heterocycles. The van der Waals surface area contributed by atoms with E-state index in [1.807, 2.05) is 31.2 Å². The molecular weight excluding hydrogens is 370 g/mol. The fourth-order valence-corrected chi connectivity index (χ4v) is 3.64. The lowest BCUT2D eigenvalue weighted by atomic mass is 10.2. The third kappa shape index (κ3) is 3.92. The van der Waals surface area contributed by atoms with Gasteiger partial charge in [-0.25, -0.2) is 8.42 Å². The Morgan fingerprint density at radius 2 is 1.85 bits per heavy atom. The van der Waals surface area contributed by atoms with Crippen LogP contribution in [0.1, 0.15) is 12.0 Å². The molecule has 0 spiro atoms. The van der Waals surface area contributed by atoms with E-state index < -0.39 is 20.8 Å². The molecule has 1 fully saturated rings. The zero-order valence-electron chi connectivity index (χ0n) is 14.9. The fraction of sp³-hybridized carbons (Fsp3) is 0.278. The van der Waals surface area contributed by atoms with Crippen molar-refractivity contribution in [2.45, 2.75) is 24.3 Å². The van der Waals surface area contributed by atoms with E-state index in [2.05, 4.69) is 5.32 Å².